The van der Waals surface area contributed by atoms with Gasteiger partial charge in [0.1, 0.15) is 12.5 Å². The molecule has 0 aliphatic carbocycles. The van der Waals surface area contributed by atoms with E-state index < -0.39 is 0 Å². The van der Waals surface area contributed by atoms with E-state index in [1.165, 1.54) is 22.0 Å². The number of nitrogens with zero attached hydrogens (tertiary/aromatic N) is 1. The fourth-order valence-corrected chi connectivity index (χ4v) is 3.21. The van der Waals surface area contributed by atoms with E-state index in [0.717, 1.165) is 17.7 Å². The van der Waals surface area contributed by atoms with Crippen LogP contribution in [0.25, 0.3) is 21.8 Å². The van der Waals surface area contributed by atoms with Crippen molar-refractivity contribution in [2.75, 3.05) is 6.73 Å². The van der Waals surface area contributed by atoms with Gasteiger partial charge >= 0.3 is 0 Å². The van der Waals surface area contributed by atoms with Crippen LogP contribution < -0.4 is 10.5 Å². The molecule has 0 bridgehead atoms. The van der Waals surface area contributed by atoms with Gasteiger partial charge < -0.3 is 9.30 Å². The van der Waals surface area contributed by atoms with Crippen LogP contribution in [-0.2, 0) is 6.54 Å². The van der Waals surface area contributed by atoms with Crippen molar-refractivity contribution in [3.63, 3.8) is 0 Å². The Kier molecular flexibility index (Phi) is 3.48. The lowest BCUT2D eigenvalue weighted by atomic mass is 10.1. The van der Waals surface area contributed by atoms with Gasteiger partial charge in [0.05, 0.1) is 5.52 Å². The Hall–Kier alpha value is -2.78. The molecule has 3 aromatic carbocycles. The van der Waals surface area contributed by atoms with Crippen molar-refractivity contribution >= 4 is 21.8 Å². The number of ether oxygens (including phenoxy) is 1. The molecule has 0 saturated carbocycles. The van der Waals surface area contributed by atoms with E-state index >= 15 is 0 Å². The molecule has 0 unspecified atom stereocenters. The molecule has 1 aromatic heterocycles. The van der Waals surface area contributed by atoms with Gasteiger partial charge in [0.15, 0.2) is 0 Å². The van der Waals surface area contributed by atoms with E-state index in [1.54, 1.807) is 0 Å². The summed E-state index contributed by atoms with van der Waals surface area (Å²) < 4.78 is 7.99. The van der Waals surface area contributed by atoms with Gasteiger partial charge in [-0.25, -0.2) is 0 Å². The Labute approximate surface area is 134 Å². The molecule has 0 amide bonds. The van der Waals surface area contributed by atoms with E-state index in [1.807, 2.05) is 18.2 Å². The van der Waals surface area contributed by atoms with E-state index in [-0.39, 0.29) is 6.73 Å². The van der Waals surface area contributed by atoms with Gasteiger partial charge in [-0.3, -0.25) is 5.73 Å². The number of benzene rings is 3. The van der Waals surface area contributed by atoms with Crippen LogP contribution in [0.3, 0.4) is 0 Å². The van der Waals surface area contributed by atoms with Crippen LogP contribution in [-0.4, -0.2) is 11.3 Å². The molecule has 0 spiro atoms. The highest BCUT2D eigenvalue weighted by Gasteiger charge is 2.14. The van der Waals surface area contributed by atoms with Crippen molar-refractivity contribution in [1.82, 2.24) is 4.57 Å². The van der Waals surface area contributed by atoms with Gasteiger partial charge in [-0.1, -0.05) is 54.6 Å². The van der Waals surface area contributed by atoms with Crippen LogP contribution in [0.15, 0.2) is 72.8 Å². The lowest BCUT2D eigenvalue weighted by molar-refractivity contribution is 0.334. The summed E-state index contributed by atoms with van der Waals surface area (Å²) in [6.45, 7) is 1.01. The predicted molar refractivity (Wildman–Crippen MR) is 94.7 cm³/mol. The molecular weight excluding hydrogens is 284 g/mol. The molecule has 23 heavy (non-hydrogen) atoms. The molecule has 4 aromatic rings. The lowest BCUT2D eigenvalue weighted by Gasteiger charge is -2.08. The van der Waals surface area contributed by atoms with Crippen LogP contribution in [0, 0.1) is 0 Å². The molecule has 0 fully saturated rings. The second-order valence-corrected chi connectivity index (χ2v) is 5.55. The molecule has 0 aliphatic rings. The van der Waals surface area contributed by atoms with Gasteiger partial charge in [0.25, 0.3) is 0 Å². The minimum absolute atomic E-state index is 0.178. The molecule has 0 atom stereocenters. The molecule has 0 radical (unpaired) electrons. The fraction of sp³-hybridized carbons (Fsp3) is 0.100. The van der Waals surface area contributed by atoms with Crippen LogP contribution >= 0.6 is 0 Å². The minimum atomic E-state index is 0.178. The molecule has 2 N–H and O–H groups in total. The number of nitrogens with two attached hydrogens (primary N) is 1. The maximum absolute atomic E-state index is 5.66. The third kappa shape index (κ3) is 2.35. The van der Waals surface area contributed by atoms with Crippen LogP contribution in [0.1, 0.15) is 5.56 Å². The van der Waals surface area contributed by atoms with Gasteiger partial charge in [-0.05, 0) is 23.8 Å². The van der Waals surface area contributed by atoms with E-state index in [0.29, 0.717) is 0 Å². The van der Waals surface area contributed by atoms with Crippen molar-refractivity contribution in [2.24, 2.45) is 5.73 Å². The Morgan fingerprint density at radius 1 is 0.783 bits per heavy atom. The number of hydrogen-bond donors (Lipinski definition) is 1. The zero-order chi connectivity index (χ0) is 15.6. The topological polar surface area (TPSA) is 40.2 Å². The van der Waals surface area contributed by atoms with Crippen molar-refractivity contribution in [3.8, 4) is 5.75 Å². The summed E-state index contributed by atoms with van der Waals surface area (Å²) in [5.41, 5.74) is 9.25. The summed E-state index contributed by atoms with van der Waals surface area (Å²) in [6, 6.07) is 25.1. The summed E-state index contributed by atoms with van der Waals surface area (Å²) in [6.07, 6.45) is 0. The van der Waals surface area contributed by atoms with Crippen LogP contribution in [0.4, 0.5) is 0 Å². The summed E-state index contributed by atoms with van der Waals surface area (Å²) in [5.74, 6) is 0.841. The third-order valence-electron chi connectivity index (χ3n) is 4.18. The smallest absolute Gasteiger partial charge is 0.137 e. The predicted octanol–water partition coefficient (Wildman–Crippen LogP) is 4.14. The molecule has 114 valence electrons. The highest BCUT2D eigenvalue weighted by molar-refractivity contribution is 6.11. The molecule has 3 nitrogen and oxygen atoms in total. The lowest BCUT2D eigenvalue weighted by Crippen LogP contribution is -2.07. The normalized spacial score (nSPS) is 11.2. The van der Waals surface area contributed by atoms with E-state index in [4.69, 9.17) is 10.5 Å². The zero-order valence-corrected chi connectivity index (χ0v) is 12.8. The van der Waals surface area contributed by atoms with Crippen molar-refractivity contribution in [1.29, 1.82) is 0 Å². The Morgan fingerprint density at radius 3 is 2.35 bits per heavy atom. The van der Waals surface area contributed by atoms with Crippen LogP contribution in [0.5, 0.6) is 5.75 Å². The summed E-state index contributed by atoms with van der Waals surface area (Å²) >= 11 is 0. The first-order chi connectivity index (χ1) is 11.4. The quantitative estimate of drug-likeness (QED) is 0.576. The fourth-order valence-electron chi connectivity index (χ4n) is 3.21. The Bertz CT molecular complexity index is 957. The Balaban J connectivity index is 2.00. The maximum atomic E-state index is 5.66. The summed E-state index contributed by atoms with van der Waals surface area (Å²) in [7, 11) is 0. The maximum Gasteiger partial charge on any atom is 0.137 e. The van der Waals surface area contributed by atoms with Gasteiger partial charge in [0.2, 0.25) is 0 Å². The number of fused-ring (bicyclic) bond motifs is 3. The molecule has 0 saturated heterocycles. The second kappa shape index (κ2) is 5.78. The highest BCUT2D eigenvalue weighted by Crippen LogP contribution is 2.35. The average molecular weight is 302 g/mol. The highest BCUT2D eigenvalue weighted by atomic mass is 16.5. The third-order valence-corrected chi connectivity index (χ3v) is 4.18. The van der Waals surface area contributed by atoms with Crippen molar-refractivity contribution < 1.29 is 4.74 Å². The first-order valence-electron chi connectivity index (χ1n) is 7.75. The van der Waals surface area contributed by atoms with E-state index in [2.05, 4.69) is 59.2 Å². The SMILES string of the molecule is NCOc1cccc2c1c1ccccc1n2Cc1ccccc1. The Morgan fingerprint density at radius 2 is 1.52 bits per heavy atom. The molecular formula is C20H18N2O. The van der Waals surface area contributed by atoms with Crippen LogP contribution in [0.2, 0.25) is 0 Å². The van der Waals surface area contributed by atoms with Gasteiger partial charge in [0, 0.05) is 22.8 Å². The average Bonchev–Trinajstić information content (AvgIpc) is 2.92. The number of aromatic nitrogens is 1. The second-order valence-electron chi connectivity index (χ2n) is 5.55. The molecule has 4 rings (SSSR count). The van der Waals surface area contributed by atoms with Gasteiger partial charge in [-0.15, -0.1) is 0 Å². The molecule has 3 heteroatoms. The standard InChI is InChI=1S/C20H18N2O/c21-14-23-19-12-6-11-18-20(19)16-9-4-5-10-17(16)22(18)13-15-7-2-1-3-8-15/h1-12H,13-14,21H2. The van der Waals surface area contributed by atoms with Crippen molar-refractivity contribution in [2.45, 2.75) is 6.54 Å². The monoisotopic (exact) mass is 302 g/mol. The van der Waals surface area contributed by atoms with Gasteiger partial charge in [-0.2, -0.15) is 0 Å². The number of rotatable bonds is 4. The first-order valence-corrected chi connectivity index (χ1v) is 7.75. The molecule has 0 aliphatic heterocycles. The number of hydrogen-bond acceptors (Lipinski definition) is 2. The summed E-state index contributed by atoms with van der Waals surface area (Å²) in [5, 5.41) is 2.33. The summed E-state index contributed by atoms with van der Waals surface area (Å²) in [4.78, 5) is 0. The van der Waals surface area contributed by atoms with Crippen molar-refractivity contribution in [3.05, 3.63) is 78.4 Å². The molecule has 1 heterocycles. The zero-order valence-electron chi connectivity index (χ0n) is 12.8. The first kappa shape index (κ1) is 13.9. The van der Waals surface area contributed by atoms with E-state index in [9.17, 15) is 0 Å². The minimum Gasteiger partial charge on any atom is -0.478 e. The largest absolute Gasteiger partial charge is 0.478 e. The number of para-hydroxylation sites is 1.